The van der Waals surface area contributed by atoms with Gasteiger partial charge in [0.2, 0.25) is 15.9 Å². The quantitative estimate of drug-likeness (QED) is 0.825. The summed E-state index contributed by atoms with van der Waals surface area (Å²) in [6.07, 6.45) is -0.389. The molecule has 2 rings (SSSR count). The summed E-state index contributed by atoms with van der Waals surface area (Å²) in [5.41, 5.74) is 0. The average molecular weight is 333 g/mol. The molecule has 1 unspecified atom stereocenters. The average Bonchev–Trinajstić information content (AvgIpc) is 2.40. The summed E-state index contributed by atoms with van der Waals surface area (Å²) in [6.45, 7) is -0.447. The lowest BCUT2D eigenvalue weighted by Gasteiger charge is -2.33. The number of carbonyl (C=O) groups excluding carboxylic acids is 1. The molecule has 1 aromatic carbocycles. The Labute approximate surface area is 126 Å². The molecule has 21 heavy (non-hydrogen) atoms. The predicted molar refractivity (Wildman–Crippen MR) is 74.4 cm³/mol. The van der Waals surface area contributed by atoms with Crippen LogP contribution in [0.15, 0.2) is 29.2 Å². The highest BCUT2D eigenvalue weighted by Crippen LogP contribution is 2.23. The minimum absolute atomic E-state index is 0.0368. The fourth-order valence-electron chi connectivity index (χ4n) is 2.08. The number of aliphatic carboxylic acids is 1. The number of halogens is 1. The maximum absolute atomic E-state index is 12.6. The minimum Gasteiger partial charge on any atom is -0.481 e. The molecule has 1 saturated heterocycles. The van der Waals surface area contributed by atoms with Crippen LogP contribution >= 0.6 is 11.6 Å². The molecule has 0 bridgehead atoms. The van der Waals surface area contributed by atoms with Gasteiger partial charge in [-0.3, -0.25) is 9.59 Å². The van der Waals surface area contributed by atoms with Crippen LogP contribution in [0.25, 0.3) is 0 Å². The summed E-state index contributed by atoms with van der Waals surface area (Å²) in [7, 11) is -3.99. The summed E-state index contributed by atoms with van der Waals surface area (Å²) < 4.78 is 26.1. The van der Waals surface area contributed by atoms with Gasteiger partial charge >= 0.3 is 5.97 Å². The summed E-state index contributed by atoms with van der Waals surface area (Å²) in [4.78, 5) is 22.2. The standard InChI is InChI=1S/C12H13ClN2O5S/c13-8-2-1-3-10(4-8)21(19,20)15-7-11(16)14-6-9(15)5-12(17)18/h1-4,9H,5-7H2,(H,14,16)(H,17,18). The molecular weight excluding hydrogens is 320 g/mol. The second kappa shape index (κ2) is 6.00. The van der Waals surface area contributed by atoms with Crippen LogP contribution in [0, 0.1) is 0 Å². The number of sulfonamides is 1. The smallest absolute Gasteiger partial charge is 0.305 e. The van der Waals surface area contributed by atoms with Crippen molar-refractivity contribution in [2.45, 2.75) is 17.4 Å². The Balaban J connectivity index is 2.38. The SMILES string of the molecule is O=C(O)CC1CNC(=O)CN1S(=O)(=O)c1cccc(Cl)c1. The molecule has 1 aliphatic heterocycles. The molecule has 0 aromatic heterocycles. The number of benzene rings is 1. The zero-order valence-corrected chi connectivity index (χ0v) is 12.4. The normalized spacial score (nSPS) is 20.0. The molecule has 0 aliphatic carbocycles. The second-order valence-corrected chi connectivity index (χ2v) is 6.89. The van der Waals surface area contributed by atoms with Gasteiger partial charge in [-0.05, 0) is 18.2 Å². The summed E-state index contributed by atoms with van der Waals surface area (Å²) in [5, 5.41) is 11.6. The number of nitrogens with one attached hydrogen (secondary N) is 1. The van der Waals surface area contributed by atoms with Gasteiger partial charge in [0.05, 0.1) is 23.9 Å². The third kappa shape index (κ3) is 3.52. The first-order valence-electron chi connectivity index (χ1n) is 6.06. The summed E-state index contributed by atoms with van der Waals surface area (Å²) in [6, 6.07) is 4.79. The Hall–Kier alpha value is -1.64. The van der Waals surface area contributed by atoms with Gasteiger partial charge < -0.3 is 10.4 Å². The molecule has 0 spiro atoms. The molecule has 0 saturated carbocycles. The molecule has 1 atom stereocenters. The predicted octanol–water partition coefficient (Wildman–Crippen LogP) is 0.304. The lowest BCUT2D eigenvalue weighted by atomic mass is 10.2. The number of amides is 1. The van der Waals surface area contributed by atoms with Crippen LogP contribution in [-0.4, -0.2) is 48.8 Å². The molecule has 7 nitrogen and oxygen atoms in total. The Morgan fingerprint density at radius 2 is 2.19 bits per heavy atom. The van der Waals surface area contributed by atoms with Crippen molar-refractivity contribution in [3.8, 4) is 0 Å². The Morgan fingerprint density at radius 3 is 2.81 bits per heavy atom. The minimum atomic E-state index is -3.99. The van der Waals surface area contributed by atoms with Crippen LogP contribution in [0.2, 0.25) is 5.02 Å². The van der Waals surface area contributed by atoms with Crippen LogP contribution in [0.1, 0.15) is 6.42 Å². The Morgan fingerprint density at radius 1 is 1.48 bits per heavy atom. The molecule has 1 aromatic rings. The molecule has 0 radical (unpaired) electrons. The highest BCUT2D eigenvalue weighted by Gasteiger charge is 2.37. The fraction of sp³-hybridized carbons (Fsp3) is 0.333. The fourth-order valence-corrected chi connectivity index (χ4v) is 3.96. The van der Waals surface area contributed by atoms with E-state index in [0.717, 1.165) is 4.31 Å². The number of carboxylic acid groups (broad SMARTS) is 1. The van der Waals surface area contributed by atoms with Crippen LogP contribution in [0.4, 0.5) is 0 Å². The van der Waals surface area contributed by atoms with Crippen LogP contribution in [-0.2, 0) is 19.6 Å². The van der Waals surface area contributed by atoms with Crippen molar-refractivity contribution in [3.05, 3.63) is 29.3 Å². The van der Waals surface area contributed by atoms with Crippen molar-refractivity contribution in [1.29, 1.82) is 0 Å². The molecule has 114 valence electrons. The van der Waals surface area contributed by atoms with E-state index in [1.54, 1.807) is 0 Å². The van der Waals surface area contributed by atoms with E-state index in [2.05, 4.69) is 5.32 Å². The number of hydrogen-bond donors (Lipinski definition) is 2. The van der Waals surface area contributed by atoms with E-state index in [9.17, 15) is 18.0 Å². The van der Waals surface area contributed by atoms with Crippen molar-refractivity contribution < 1.29 is 23.1 Å². The number of nitrogens with zero attached hydrogens (tertiary/aromatic N) is 1. The lowest BCUT2D eigenvalue weighted by Crippen LogP contribution is -2.56. The Bertz CT molecular complexity index is 676. The van der Waals surface area contributed by atoms with E-state index < -0.39 is 34.5 Å². The van der Waals surface area contributed by atoms with E-state index in [0.29, 0.717) is 0 Å². The maximum Gasteiger partial charge on any atom is 0.305 e. The molecule has 1 amide bonds. The Kier molecular flexibility index (Phi) is 4.50. The highest BCUT2D eigenvalue weighted by atomic mass is 35.5. The molecule has 1 aliphatic rings. The number of carboxylic acids is 1. The van der Waals surface area contributed by atoms with Gasteiger partial charge in [0.1, 0.15) is 0 Å². The second-order valence-electron chi connectivity index (χ2n) is 4.56. The topological polar surface area (TPSA) is 104 Å². The molecular formula is C12H13ClN2O5S. The van der Waals surface area contributed by atoms with Gasteiger partial charge in [-0.1, -0.05) is 17.7 Å². The largest absolute Gasteiger partial charge is 0.481 e. The van der Waals surface area contributed by atoms with Gasteiger partial charge in [-0.2, -0.15) is 4.31 Å². The van der Waals surface area contributed by atoms with Crippen molar-refractivity contribution in [2.75, 3.05) is 13.1 Å². The summed E-state index contributed by atoms with van der Waals surface area (Å²) >= 11 is 5.78. The first kappa shape index (κ1) is 15.7. The molecule has 9 heteroatoms. The number of hydrogen-bond acceptors (Lipinski definition) is 4. The zero-order chi connectivity index (χ0) is 15.6. The highest BCUT2D eigenvalue weighted by molar-refractivity contribution is 7.89. The number of rotatable bonds is 4. The van der Waals surface area contributed by atoms with E-state index in [1.807, 2.05) is 0 Å². The lowest BCUT2D eigenvalue weighted by molar-refractivity contribution is -0.139. The monoisotopic (exact) mass is 332 g/mol. The zero-order valence-electron chi connectivity index (χ0n) is 10.8. The first-order valence-corrected chi connectivity index (χ1v) is 7.88. The van der Waals surface area contributed by atoms with Crippen molar-refractivity contribution in [3.63, 3.8) is 0 Å². The van der Waals surface area contributed by atoms with E-state index >= 15 is 0 Å². The van der Waals surface area contributed by atoms with Crippen molar-refractivity contribution in [2.24, 2.45) is 0 Å². The number of piperazine rings is 1. The van der Waals surface area contributed by atoms with Crippen molar-refractivity contribution >= 4 is 33.5 Å². The van der Waals surface area contributed by atoms with Crippen LogP contribution < -0.4 is 5.32 Å². The molecule has 1 heterocycles. The van der Waals surface area contributed by atoms with Crippen molar-refractivity contribution in [1.82, 2.24) is 9.62 Å². The van der Waals surface area contributed by atoms with Gasteiger partial charge in [-0.15, -0.1) is 0 Å². The van der Waals surface area contributed by atoms with E-state index in [1.165, 1.54) is 24.3 Å². The van der Waals surface area contributed by atoms with E-state index in [4.69, 9.17) is 16.7 Å². The van der Waals surface area contributed by atoms with Crippen LogP contribution in [0.3, 0.4) is 0 Å². The van der Waals surface area contributed by atoms with Gasteiger partial charge in [0, 0.05) is 11.6 Å². The van der Waals surface area contributed by atoms with Gasteiger partial charge in [0.25, 0.3) is 0 Å². The summed E-state index contributed by atoms with van der Waals surface area (Å²) in [5.74, 6) is -1.61. The van der Waals surface area contributed by atoms with E-state index in [-0.39, 0.29) is 22.9 Å². The molecule has 1 fully saturated rings. The third-order valence-electron chi connectivity index (χ3n) is 3.05. The first-order chi connectivity index (χ1) is 9.80. The van der Waals surface area contributed by atoms with Gasteiger partial charge in [0.15, 0.2) is 0 Å². The molecule has 2 N–H and O–H groups in total. The van der Waals surface area contributed by atoms with Gasteiger partial charge in [-0.25, -0.2) is 8.42 Å². The maximum atomic E-state index is 12.6. The number of carbonyl (C=O) groups is 2. The third-order valence-corrected chi connectivity index (χ3v) is 5.18. The van der Waals surface area contributed by atoms with Crippen LogP contribution in [0.5, 0.6) is 0 Å².